The van der Waals surface area contributed by atoms with E-state index in [2.05, 4.69) is 44.8 Å². The van der Waals surface area contributed by atoms with E-state index in [4.69, 9.17) is 0 Å². The molecular formula is C17H14BrNO. The van der Waals surface area contributed by atoms with E-state index >= 15 is 0 Å². The summed E-state index contributed by atoms with van der Waals surface area (Å²) < 4.78 is 3.22. The topological polar surface area (TPSA) is 22.0 Å². The summed E-state index contributed by atoms with van der Waals surface area (Å²) in [5, 5.41) is 2.34. The molecule has 20 heavy (non-hydrogen) atoms. The third-order valence-corrected chi connectivity index (χ3v) is 4.38. The molecule has 0 spiro atoms. The van der Waals surface area contributed by atoms with Gasteiger partial charge in [0.1, 0.15) is 0 Å². The van der Waals surface area contributed by atoms with Crippen molar-refractivity contribution in [3.63, 3.8) is 0 Å². The number of fused-ring (bicyclic) bond motifs is 1. The molecule has 0 unspecified atom stereocenters. The van der Waals surface area contributed by atoms with Gasteiger partial charge in [-0.15, -0.1) is 0 Å². The second-order valence-electron chi connectivity index (χ2n) is 4.89. The predicted molar refractivity (Wildman–Crippen MR) is 85.8 cm³/mol. The lowest BCUT2D eigenvalue weighted by atomic mass is 10.1. The monoisotopic (exact) mass is 327 g/mol. The number of nitrogens with zero attached hydrogens (tertiary/aromatic N) is 1. The van der Waals surface area contributed by atoms with Gasteiger partial charge < -0.3 is 4.57 Å². The first kappa shape index (κ1) is 13.1. The molecule has 0 fully saturated rings. The highest BCUT2D eigenvalue weighted by atomic mass is 79.9. The Morgan fingerprint density at radius 3 is 2.40 bits per heavy atom. The van der Waals surface area contributed by atoms with E-state index in [9.17, 15) is 4.79 Å². The number of aldehydes is 1. The molecule has 3 rings (SSSR count). The second kappa shape index (κ2) is 4.91. The van der Waals surface area contributed by atoms with Crippen LogP contribution < -0.4 is 0 Å². The number of aromatic nitrogens is 1. The zero-order valence-electron chi connectivity index (χ0n) is 11.4. The standard InChI is InChI=1S/C17H14BrNO/c1-11-9-13(10-20)12(2)19(11)17-8-7-16(18)14-5-3-4-6-15(14)17/h3-10H,1-2H3. The lowest BCUT2D eigenvalue weighted by molar-refractivity contribution is 0.112. The first-order valence-electron chi connectivity index (χ1n) is 6.45. The summed E-state index contributed by atoms with van der Waals surface area (Å²) >= 11 is 3.59. The van der Waals surface area contributed by atoms with E-state index in [0.29, 0.717) is 0 Å². The van der Waals surface area contributed by atoms with Gasteiger partial charge in [-0.2, -0.15) is 0 Å². The number of rotatable bonds is 2. The van der Waals surface area contributed by atoms with Crippen LogP contribution in [0.2, 0.25) is 0 Å². The lowest BCUT2D eigenvalue weighted by Crippen LogP contribution is -2.00. The Hall–Kier alpha value is -1.87. The summed E-state index contributed by atoms with van der Waals surface area (Å²) in [6, 6.07) is 14.3. The van der Waals surface area contributed by atoms with Gasteiger partial charge in [-0.3, -0.25) is 4.79 Å². The van der Waals surface area contributed by atoms with Crippen LogP contribution in [0.1, 0.15) is 21.7 Å². The van der Waals surface area contributed by atoms with Gasteiger partial charge in [0.15, 0.2) is 6.29 Å². The minimum Gasteiger partial charge on any atom is -0.317 e. The van der Waals surface area contributed by atoms with E-state index in [0.717, 1.165) is 33.4 Å². The molecule has 0 atom stereocenters. The summed E-state index contributed by atoms with van der Waals surface area (Å²) in [4.78, 5) is 11.1. The van der Waals surface area contributed by atoms with Crippen molar-refractivity contribution in [1.82, 2.24) is 4.57 Å². The maximum atomic E-state index is 11.1. The Morgan fingerprint density at radius 2 is 1.75 bits per heavy atom. The highest BCUT2D eigenvalue weighted by Gasteiger charge is 2.13. The molecule has 2 aromatic carbocycles. The molecule has 0 amide bonds. The van der Waals surface area contributed by atoms with E-state index < -0.39 is 0 Å². The smallest absolute Gasteiger partial charge is 0.151 e. The molecule has 1 aromatic heterocycles. The minimum absolute atomic E-state index is 0.745. The van der Waals surface area contributed by atoms with Crippen LogP contribution in [0, 0.1) is 13.8 Å². The molecule has 3 aromatic rings. The molecule has 0 bridgehead atoms. The molecule has 0 N–H and O–H groups in total. The second-order valence-corrected chi connectivity index (χ2v) is 5.75. The van der Waals surface area contributed by atoms with Gasteiger partial charge in [0.05, 0.1) is 5.69 Å². The molecule has 3 heteroatoms. The summed E-state index contributed by atoms with van der Waals surface area (Å²) in [7, 11) is 0. The Morgan fingerprint density at radius 1 is 1.05 bits per heavy atom. The number of carbonyl (C=O) groups excluding carboxylic acids is 1. The van der Waals surface area contributed by atoms with Crippen molar-refractivity contribution >= 4 is 33.0 Å². The Labute approximate surface area is 126 Å². The van der Waals surface area contributed by atoms with Crippen LogP contribution in [0.15, 0.2) is 46.9 Å². The first-order valence-corrected chi connectivity index (χ1v) is 7.24. The number of hydrogen-bond donors (Lipinski definition) is 0. The first-order chi connectivity index (χ1) is 9.63. The third-order valence-electron chi connectivity index (χ3n) is 3.69. The summed E-state index contributed by atoms with van der Waals surface area (Å²) in [5.41, 5.74) is 3.89. The Bertz CT molecular complexity index is 817. The fourth-order valence-electron chi connectivity index (χ4n) is 2.72. The number of aryl methyl sites for hydroxylation is 1. The number of halogens is 1. The van der Waals surface area contributed by atoms with Crippen LogP contribution in [0.4, 0.5) is 0 Å². The molecular weight excluding hydrogens is 314 g/mol. The van der Waals surface area contributed by atoms with Gasteiger partial charge in [-0.1, -0.05) is 40.2 Å². The zero-order chi connectivity index (χ0) is 14.3. The lowest BCUT2D eigenvalue weighted by Gasteiger charge is -2.13. The average molecular weight is 328 g/mol. The van der Waals surface area contributed by atoms with Crippen LogP contribution >= 0.6 is 15.9 Å². The van der Waals surface area contributed by atoms with Crippen molar-refractivity contribution in [2.24, 2.45) is 0 Å². The fraction of sp³-hybridized carbons (Fsp3) is 0.118. The van der Waals surface area contributed by atoms with Gasteiger partial charge >= 0.3 is 0 Å². The van der Waals surface area contributed by atoms with E-state index in [1.54, 1.807) is 0 Å². The fourth-order valence-corrected chi connectivity index (χ4v) is 3.20. The van der Waals surface area contributed by atoms with Gasteiger partial charge in [0.2, 0.25) is 0 Å². The maximum absolute atomic E-state index is 11.1. The molecule has 0 saturated heterocycles. The van der Waals surface area contributed by atoms with Crippen LogP contribution in [-0.4, -0.2) is 10.9 Å². The van der Waals surface area contributed by atoms with E-state index in [1.165, 1.54) is 10.8 Å². The van der Waals surface area contributed by atoms with Crippen LogP contribution in [-0.2, 0) is 0 Å². The predicted octanol–water partition coefficient (Wildman–Crippen LogP) is 4.82. The average Bonchev–Trinajstić information content (AvgIpc) is 2.75. The highest BCUT2D eigenvalue weighted by Crippen LogP contribution is 2.31. The van der Waals surface area contributed by atoms with Gasteiger partial charge in [0.25, 0.3) is 0 Å². The number of hydrogen-bond acceptors (Lipinski definition) is 1. The molecule has 1 heterocycles. The Balaban J connectivity index is 2.39. The zero-order valence-corrected chi connectivity index (χ0v) is 12.9. The normalized spacial score (nSPS) is 10.9. The number of carbonyl (C=O) groups is 1. The van der Waals surface area contributed by atoms with Gasteiger partial charge in [-0.25, -0.2) is 0 Å². The van der Waals surface area contributed by atoms with Gasteiger partial charge in [-0.05, 0) is 37.4 Å². The molecule has 0 aliphatic heterocycles. The Kier molecular flexibility index (Phi) is 3.22. The van der Waals surface area contributed by atoms with Gasteiger partial charge in [0, 0.05) is 26.8 Å². The van der Waals surface area contributed by atoms with Crippen LogP contribution in [0.5, 0.6) is 0 Å². The molecule has 2 nitrogen and oxygen atoms in total. The maximum Gasteiger partial charge on any atom is 0.151 e. The molecule has 100 valence electrons. The van der Waals surface area contributed by atoms with E-state index in [1.807, 2.05) is 32.0 Å². The van der Waals surface area contributed by atoms with Crippen molar-refractivity contribution in [3.05, 3.63) is 63.9 Å². The largest absolute Gasteiger partial charge is 0.317 e. The van der Waals surface area contributed by atoms with Crippen molar-refractivity contribution < 1.29 is 4.79 Å². The highest BCUT2D eigenvalue weighted by molar-refractivity contribution is 9.10. The quantitative estimate of drug-likeness (QED) is 0.618. The molecule has 0 aliphatic carbocycles. The summed E-state index contributed by atoms with van der Waals surface area (Å²) in [6.45, 7) is 4.00. The number of benzene rings is 2. The van der Waals surface area contributed by atoms with Crippen molar-refractivity contribution in [1.29, 1.82) is 0 Å². The van der Waals surface area contributed by atoms with Crippen molar-refractivity contribution in [2.45, 2.75) is 13.8 Å². The van der Waals surface area contributed by atoms with Crippen LogP contribution in [0.3, 0.4) is 0 Å². The SMILES string of the molecule is Cc1cc(C=O)c(C)n1-c1ccc(Br)c2ccccc12. The van der Waals surface area contributed by atoms with Crippen LogP contribution in [0.25, 0.3) is 16.5 Å². The summed E-state index contributed by atoms with van der Waals surface area (Å²) in [5.74, 6) is 0. The van der Waals surface area contributed by atoms with Crippen molar-refractivity contribution in [2.75, 3.05) is 0 Å². The molecule has 0 saturated carbocycles. The summed E-state index contributed by atoms with van der Waals surface area (Å²) in [6.07, 6.45) is 0.917. The molecule has 0 aliphatic rings. The minimum atomic E-state index is 0.745. The van der Waals surface area contributed by atoms with E-state index in [-0.39, 0.29) is 0 Å². The molecule has 0 radical (unpaired) electrons. The van der Waals surface area contributed by atoms with Crippen molar-refractivity contribution in [3.8, 4) is 5.69 Å². The third kappa shape index (κ3) is 1.90.